The van der Waals surface area contributed by atoms with Gasteiger partial charge in [-0.25, -0.2) is 4.57 Å². The number of carbonyl (C=O) groups excluding carboxylic acids is 3. The Hall–Kier alpha value is -2.56. The van der Waals surface area contributed by atoms with Crippen LogP contribution in [0.4, 0.5) is 0 Å². The van der Waals surface area contributed by atoms with Crippen LogP contribution >= 0.6 is 7.82 Å². The van der Waals surface area contributed by atoms with E-state index in [2.05, 4.69) is 69.4 Å². The average molecular weight is 1070 g/mol. The van der Waals surface area contributed by atoms with E-state index in [1.54, 1.807) is 0 Å². The molecule has 0 aromatic carbocycles. The number of aliphatic hydroxyl groups excluding tert-OH is 1. The molecule has 0 aliphatic rings. The first-order valence-corrected chi connectivity index (χ1v) is 32.0. The van der Waals surface area contributed by atoms with Crippen LogP contribution in [0.15, 0.2) is 48.6 Å². The van der Waals surface area contributed by atoms with Crippen LogP contribution in [0.25, 0.3) is 0 Å². The summed E-state index contributed by atoms with van der Waals surface area (Å²) in [7, 11) is -4.75. The highest BCUT2D eigenvalue weighted by atomic mass is 31.2. The third-order valence-corrected chi connectivity index (χ3v) is 14.1. The van der Waals surface area contributed by atoms with Crippen LogP contribution in [0.2, 0.25) is 0 Å². The van der Waals surface area contributed by atoms with Gasteiger partial charge in [-0.2, -0.15) is 0 Å². The molecule has 2 N–H and O–H groups in total. The number of allylic oxidation sites excluding steroid dienone is 8. The number of hydrogen-bond acceptors (Lipinski definition) is 10. The molecule has 0 spiro atoms. The number of esters is 3. The zero-order chi connectivity index (χ0) is 54.1. The average Bonchev–Trinajstić information content (AvgIpc) is 3.39. The highest BCUT2D eigenvalue weighted by Crippen LogP contribution is 2.43. The zero-order valence-corrected chi connectivity index (χ0v) is 48.7. The van der Waals surface area contributed by atoms with Gasteiger partial charge in [0.2, 0.25) is 0 Å². The van der Waals surface area contributed by atoms with Crippen molar-refractivity contribution >= 4 is 25.7 Å². The smallest absolute Gasteiger partial charge is 0.462 e. The first kappa shape index (κ1) is 71.4. The molecule has 3 atom stereocenters. The molecule has 0 rings (SSSR count). The Morgan fingerprint density at radius 3 is 1.07 bits per heavy atom. The Labute approximate surface area is 453 Å². The summed E-state index contributed by atoms with van der Waals surface area (Å²) in [6.07, 6.45) is 60.6. The maximum absolute atomic E-state index is 12.9. The lowest BCUT2D eigenvalue weighted by molar-refractivity contribution is -0.161. The molecule has 0 aromatic rings. The Kier molecular flexibility index (Phi) is 54.7. The molecule has 11 nitrogen and oxygen atoms in total. The van der Waals surface area contributed by atoms with Gasteiger partial charge >= 0.3 is 25.7 Å². The fourth-order valence-electron chi connectivity index (χ4n) is 8.50. The number of hydrogen-bond donors (Lipinski definition) is 2. The highest BCUT2D eigenvalue weighted by Gasteiger charge is 2.28. The van der Waals surface area contributed by atoms with Crippen LogP contribution in [-0.4, -0.2) is 66.5 Å². The number of unbranched alkanes of at least 4 members (excludes halogenated alkanes) is 32. The maximum atomic E-state index is 12.9. The Balaban J connectivity index is 4.69. The van der Waals surface area contributed by atoms with E-state index >= 15 is 0 Å². The van der Waals surface area contributed by atoms with E-state index in [4.69, 9.17) is 23.3 Å². The van der Waals surface area contributed by atoms with Gasteiger partial charge in [-0.1, -0.05) is 223 Å². The molecule has 0 aliphatic heterocycles. The van der Waals surface area contributed by atoms with Crippen molar-refractivity contribution in [2.24, 2.45) is 0 Å². The zero-order valence-electron chi connectivity index (χ0n) is 47.8. The van der Waals surface area contributed by atoms with Crippen molar-refractivity contribution in [3.63, 3.8) is 0 Å². The lowest BCUT2D eigenvalue weighted by Gasteiger charge is -2.21. The lowest BCUT2D eigenvalue weighted by Crippen LogP contribution is -2.30. The molecule has 0 aromatic heterocycles. The van der Waals surface area contributed by atoms with Crippen molar-refractivity contribution in [2.45, 2.75) is 303 Å². The normalized spacial score (nSPS) is 13.6. The van der Waals surface area contributed by atoms with Gasteiger partial charge in [0.25, 0.3) is 0 Å². The number of rotatable bonds is 57. The van der Waals surface area contributed by atoms with E-state index in [9.17, 15) is 28.9 Å². The van der Waals surface area contributed by atoms with Crippen LogP contribution in [0.3, 0.4) is 0 Å². The summed E-state index contributed by atoms with van der Waals surface area (Å²) in [5.74, 6) is -1.48. The van der Waals surface area contributed by atoms with Gasteiger partial charge in [0.15, 0.2) is 6.10 Å². The number of ether oxygens (including phenoxy) is 3. The predicted octanol–water partition coefficient (Wildman–Crippen LogP) is 18.1. The molecule has 74 heavy (non-hydrogen) atoms. The van der Waals surface area contributed by atoms with Crippen molar-refractivity contribution in [3.8, 4) is 0 Å². The van der Waals surface area contributed by atoms with Gasteiger partial charge in [-0.05, 0) is 96.3 Å². The molecular weight excluding hydrogens is 952 g/mol. The standard InChI is InChI=1S/C62H113O11P/c1-4-7-10-13-16-19-22-25-27-28-29-30-32-35-38-41-44-47-50-53-62(66)73-59(55-69-60(64)51-48-45-42-39-36-33-24-21-18-15-12-9-6-3)57-71-74(67,68)70-56-58(54-63)72-61(65)52-49-46-43-40-37-34-31-26-23-20-17-14-11-8-5-2/h12,15,21,24-27,31,58-59,63H,4-11,13-14,16-20,22-23,28-30,32-57H2,1-3H3,(H,67,68)/b15-12-,24-21-,27-25-,31-26-. The minimum atomic E-state index is -4.75. The number of carbonyl (C=O) groups is 3. The van der Waals surface area contributed by atoms with Crippen LogP contribution in [-0.2, 0) is 42.2 Å². The first-order chi connectivity index (χ1) is 36.2. The molecule has 0 fully saturated rings. The van der Waals surface area contributed by atoms with Crippen LogP contribution < -0.4 is 0 Å². The van der Waals surface area contributed by atoms with Crippen molar-refractivity contribution < 1.29 is 52.2 Å². The van der Waals surface area contributed by atoms with Crippen LogP contribution in [0, 0.1) is 0 Å². The molecule has 0 aliphatic carbocycles. The van der Waals surface area contributed by atoms with Gasteiger partial charge < -0.3 is 24.2 Å². The van der Waals surface area contributed by atoms with Gasteiger partial charge in [-0.15, -0.1) is 0 Å². The van der Waals surface area contributed by atoms with Gasteiger partial charge in [-0.3, -0.25) is 23.4 Å². The van der Waals surface area contributed by atoms with Crippen molar-refractivity contribution in [2.75, 3.05) is 26.4 Å². The predicted molar refractivity (Wildman–Crippen MR) is 307 cm³/mol. The van der Waals surface area contributed by atoms with Gasteiger partial charge in [0.1, 0.15) is 12.7 Å². The molecule has 432 valence electrons. The van der Waals surface area contributed by atoms with Crippen molar-refractivity contribution in [1.82, 2.24) is 0 Å². The quantitative estimate of drug-likeness (QED) is 0.0197. The molecule has 0 radical (unpaired) electrons. The minimum Gasteiger partial charge on any atom is -0.462 e. The summed E-state index contributed by atoms with van der Waals surface area (Å²) in [5.41, 5.74) is 0. The molecule has 0 amide bonds. The van der Waals surface area contributed by atoms with E-state index in [1.165, 1.54) is 128 Å². The van der Waals surface area contributed by atoms with E-state index < -0.39 is 57.8 Å². The summed E-state index contributed by atoms with van der Waals surface area (Å²) in [5, 5.41) is 9.82. The first-order valence-electron chi connectivity index (χ1n) is 30.5. The van der Waals surface area contributed by atoms with E-state index in [0.29, 0.717) is 19.3 Å². The van der Waals surface area contributed by atoms with Crippen molar-refractivity contribution in [1.29, 1.82) is 0 Å². The fourth-order valence-corrected chi connectivity index (χ4v) is 9.29. The molecule has 0 saturated carbocycles. The van der Waals surface area contributed by atoms with E-state index in [1.807, 2.05) is 0 Å². The maximum Gasteiger partial charge on any atom is 0.472 e. The Bertz CT molecular complexity index is 1430. The van der Waals surface area contributed by atoms with Gasteiger partial charge in [0.05, 0.1) is 19.8 Å². The summed E-state index contributed by atoms with van der Waals surface area (Å²) >= 11 is 0. The SMILES string of the molecule is CCC/C=C\C/C=C\CCCCCCCC(=O)OCC(COP(=O)(O)OCC(CO)OC(=O)CCCCCCC/C=C\CCCCCCCC)OC(=O)CCCCCCCCCCC/C=C\CCCCCCCC. The fraction of sp³-hybridized carbons (Fsp3) is 0.823. The summed E-state index contributed by atoms with van der Waals surface area (Å²) in [4.78, 5) is 48.6. The number of phosphoric ester groups is 1. The second kappa shape index (κ2) is 56.6. The largest absolute Gasteiger partial charge is 0.472 e. The second-order valence-corrected chi connectivity index (χ2v) is 22.0. The number of phosphoric acid groups is 1. The van der Waals surface area contributed by atoms with E-state index in [-0.39, 0.29) is 25.9 Å². The second-order valence-electron chi connectivity index (χ2n) is 20.5. The number of aliphatic hydroxyl groups is 1. The third kappa shape index (κ3) is 54.2. The lowest BCUT2D eigenvalue weighted by atomic mass is 10.1. The topological polar surface area (TPSA) is 155 Å². The molecule has 0 bridgehead atoms. The summed E-state index contributed by atoms with van der Waals surface area (Å²) < 4.78 is 39.6. The molecule has 0 saturated heterocycles. The summed E-state index contributed by atoms with van der Waals surface area (Å²) in [6, 6.07) is 0. The molecular formula is C62H113O11P. The Morgan fingerprint density at radius 1 is 0.378 bits per heavy atom. The Morgan fingerprint density at radius 2 is 0.689 bits per heavy atom. The molecule has 12 heteroatoms. The molecule has 3 unspecified atom stereocenters. The third-order valence-electron chi connectivity index (χ3n) is 13.2. The molecule has 0 heterocycles. The van der Waals surface area contributed by atoms with Crippen molar-refractivity contribution in [3.05, 3.63) is 48.6 Å². The summed E-state index contributed by atoms with van der Waals surface area (Å²) in [6.45, 7) is 4.58. The minimum absolute atomic E-state index is 0.163. The van der Waals surface area contributed by atoms with Crippen LogP contribution in [0.5, 0.6) is 0 Å². The van der Waals surface area contributed by atoms with Gasteiger partial charge in [0, 0.05) is 19.3 Å². The highest BCUT2D eigenvalue weighted by molar-refractivity contribution is 7.47. The van der Waals surface area contributed by atoms with E-state index in [0.717, 1.165) is 103 Å². The monoisotopic (exact) mass is 1060 g/mol. The van der Waals surface area contributed by atoms with Crippen LogP contribution in [0.1, 0.15) is 290 Å².